The Labute approximate surface area is 164 Å². The average Bonchev–Trinajstić information content (AvgIpc) is 3.25. The third-order valence-corrected chi connectivity index (χ3v) is 7.05. The van der Waals surface area contributed by atoms with Crippen molar-refractivity contribution >= 4 is 15.9 Å². The smallest absolute Gasteiger partial charge is 0.248 e. The highest BCUT2D eigenvalue weighted by Crippen LogP contribution is 2.24. The van der Waals surface area contributed by atoms with E-state index in [1.54, 1.807) is 18.7 Å². The summed E-state index contributed by atoms with van der Waals surface area (Å²) in [6.45, 7) is 8.33. The molecule has 0 bridgehead atoms. The van der Waals surface area contributed by atoms with Crippen LogP contribution in [0.15, 0.2) is 26.0 Å². The number of nitrogens with one attached hydrogen (secondary N) is 1. The summed E-state index contributed by atoms with van der Waals surface area (Å²) < 4.78 is 37.6. The van der Waals surface area contributed by atoms with Gasteiger partial charge in [0.05, 0.1) is 12.6 Å². The molecular weight excluding hydrogens is 384 g/mol. The van der Waals surface area contributed by atoms with E-state index in [4.69, 9.17) is 8.94 Å². The van der Waals surface area contributed by atoms with Crippen molar-refractivity contribution in [1.82, 2.24) is 19.7 Å². The van der Waals surface area contributed by atoms with Gasteiger partial charge in [0.1, 0.15) is 22.1 Å². The fourth-order valence-corrected chi connectivity index (χ4v) is 5.00. The van der Waals surface area contributed by atoms with Crippen molar-refractivity contribution < 1.29 is 22.2 Å². The van der Waals surface area contributed by atoms with Crippen LogP contribution >= 0.6 is 0 Å². The Morgan fingerprint density at radius 2 is 1.89 bits per heavy atom. The molecule has 10 heteroatoms. The second-order valence-electron chi connectivity index (χ2n) is 6.99. The van der Waals surface area contributed by atoms with Gasteiger partial charge in [-0.2, -0.15) is 4.31 Å². The molecule has 154 valence electrons. The third kappa shape index (κ3) is 4.13. The van der Waals surface area contributed by atoms with Crippen molar-refractivity contribution in [3.63, 3.8) is 0 Å². The molecule has 0 radical (unpaired) electrons. The monoisotopic (exact) mass is 410 g/mol. The van der Waals surface area contributed by atoms with Gasteiger partial charge in [-0.05, 0) is 39.8 Å². The lowest BCUT2D eigenvalue weighted by Crippen LogP contribution is -2.52. The van der Waals surface area contributed by atoms with Crippen LogP contribution in [-0.2, 0) is 14.8 Å². The molecule has 1 fully saturated rings. The largest absolute Gasteiger partial charge is 0.465 e. The number of aryl methyl sites for hydroxylation is 3. The number of piperazine rings is 1. The normalized spacial score (nSPS) is 17.1. The van der Waals surface area contributed by atoms with Crippen LogP contribution in [0.1, 0.15) is 35.9 Å². The van der Waals surface area contributed by atoms with Crippen LogP contribution in [0.3, 0.4) is 0 Å². The molecule has 1 aliphatic heterocycles. The molecule has 3 heterocycles. The molecule has 1 atom stereocenters. The average molecular weight is 410 g/mol. The van der Waals surface area contributed by atoms with Gasteiger partial charge < -0.3 is 13.8 Å². The van der Waals surface area contributed by atoms with E-state index < -0.39 is 10.0 Å². The van der Waals surface area contributed by atoms with Crippen LogP contribution < -0.4 is 5.32 Å². The van der Waals surface area contributed by atoms with Gasteiger partial charge in [0.25, 0.3) is 0 Å². The van der Waals surface area contributed by atoms with Gasteiger partial charge in [0.15, 0.2) is 5.76 Å². The minimum atomic E-state index is -3.68. The molecule has 0 aromatic carbocycles. The van der Waals surface area contributed by atoms with E-state index in [9.17, 15) is 13.2 Å². The Morgan fingerprint density at radius 1 is 1.21 bits per heavy atom. The summed E-state index contributed by atoms with van der Waals surface area (Å²) in [5.74, 6) is 1.82. The standard InChI is InChI=1S/C18H26N4O5S/c1-12-5-6-16(26-12)13(2)19-11-17(23)21-7-9-22(10-8-21)28(24,25)18-14(3)20-27-15(18)4/h5-6,13,19H,7-11H2,1-4H3. The first-order valence-electron chi connectivity index (χ1n) is 9.20. The second kappa shape index (κ2) is 8.06. The molecule has 1 aliphatic rings. The van der Waals surface area contributed by atoms with E-state index in [1.807, 2.05) is 26.0 Å². The Kier molecular flexibility index (Phi) is 5.92. The minimum Gasteiger partial charge on any atom is -0.465 e. The predicted octanol–water partition coefficient (Wildman–Crippen LogP) is 1.38. The van der Waals surface area contributed by atoms with E-state index in [0.717, 1.165) is 11.5 Å². The van der Waals surface area contributed by atoms with Gasteiger partial charge in [-0.3, -0.25) is 10.1 Å². The second-order valence-corrected chi connectivity index (χ2v) is 8.86. The lowest BCUT2D eigenvalue weighted by Gasteiger charge is -2.34. The van der Waals surface area contributed by atoms with Crippen molar-refractivity contribution in [2.75, 3.05) is 32.7 Å². The zero-order valence-corrected chi connectivity index (χ0v) is 17.4. The Hall–Kier alpha value is -2.17. The minimum absolute atomic E-state index is 0.0653. The van der Waals surface area contributed by atoms with Crippen LogP contribution in [0.4, 0.5) is 0 Å². The molecule has 0 saturated carbocycles. The van der Waals surface area contributed by atoms with Crippen molar-refractivity contribution in [3.05, 3.63) is 35.1 Å². The van der Waals surface area contributed by atoms with Gasteiger partial charge in [-0.1, -0.05) is 5.16 Å². The summed E-state index contributed by atoms with van der Waals surface area (Å²) in [5.41, 5.74) is 0.349. The number of aromatic nitrogens is 1. The van der Waals surface area contributed by atoms with Gasteiger partial charge in [-0.25, -0.2) is 8.42 Å². The maximum absolute atomic E-state index is 12.8. The van der Waals surface area contributed by atoms with Gasteiger partial charge in [0, 0.05) is 26.2 Å². The summed E-state index contributed by atoms with van der Waals surface area (Å²) in [5, 5.41) is 6.88. The van der Waals surface area contributed by atoms with Gasteiger partial charge in [0.2, 0.25) is 15.9 Å². The van der Waals surface area contributed by atoms with E-state index in [-0.39, 0.29) is 42.2 Å². The predicted molar refractivity (Wildman–Crippen MR) is 101 cm³/mol. The zero-order valence-electron chi connectivity index (χ0n) is 16.6. The van der Waals surface area contributed by atoms with E-state index in [2.05, 4.69) is 10.5 Å². The summed E-state index contributed by atoms with van der Waals surface area (Å²) in [6, 6.07) is 3.68. The molecule has 0 aliphatic carbocycles. The molecular formula is C18H26N4O5S. The van der Waals surface area contributed by atoms with Crippen LogP contribution in [0.2, 0.25) is 0 Å². The van der Waals surface area contributed by atoms with E-state index >= 15 is 0 Å². The maximum atomic E-state index is 12.8. The topological polar surface area (TPSA) is 109 Å². The van der Waals surface area contributed by atoms with Crippen LogP contribution in [0, 0.1) is 20.8 Å². The number of hydrogen-bond acceptors (Lipinski definition) is 7. The molecule has 28 heavy (non-hydrogen) atoms. The fourth-order valence-electron chi connectivity index (χ4n) is 3.29. The van der Waals surface area contributed by atoms with Crippen molar-refractivity contribution in [2.24, 2.45) is 0 Å². The number of hydrogen-bond donors (Lipinski definition) is 1. The van der Waals surface area contributed by atoms with Crippen molar-refractivity contribution in [3.8, 4) is 0 Å². The lowest BCUT2D eigenvalue weighted by molar-refractivity contribution is -0.131. The van der Waals surface area contributed by atoms with Crippen LogP contribution in [0.5, 0.6) is 0 Å². The molecule has 2 aromatic rings. The first-order chi connectivity index (χ1) is 13.2. The zero-order chi connectivity index (χ0) is 20.5. The highest BCUT2D eigenvalue weighted by atomic mass is 32.2. The number of amides is 1. The first-order valence-corrected chi connectivity index (χ1v) is 10.6. The Morgan fingerprint density at radius 3 is 2.43 bits per heavy atom. The lowest BCUT2D eigenvalue weighted by atomic mass is 10.2. The van der Waals surface area contributed by atoms with E-state index in [0.29, 0.717) is 18.8 Å². The number of sulfonamides is 1. The van der Waals surface area contributed by atoms with Crippen LogP contribution in [0.25, 0.3) is 0 Å². The van der Waals surface area contributed by atoms with Crippen molar-refractivity contribution in [1.29, 1.82) is 0 Å². The summed E-state index contributed by atoms with van der Waals surface area (Å²) in [4.78, 5) is 14.3. The Bertz CT molecular complexity index is 922. The summed E-state index contributed by atoms with van der Waals surface area (Å²) in [6.07, 6.45) is 0. The quantitative estimate of drug-likeness (QED) is 0.766. The molecule has 1 saturated heterocycles. The van der Waals surface area contributed by atoms with Crippen LogP contribution in [-0.4, -0.2) is 61.4 Å². The number of furan rings is 1. The number of nitrogens with zero attached hydrogens (tertiary/aromatic N) is 3. The van der Waals surface area contributed by atoms with Gasteiger partial charge >= 0.3 is 0 Å². The molecule has 3 rings (SSSR count). The SMILES string of the molecule is Cc1ccc(C(C)NCC(=O)N2CCN(S(=O)(=O)c3c(C)noc3C)CC2)o1. The molecule has 1 N–H and O–H groups in total. The summed E-state index contributed by atoms with van der Waals surface area (Å²) >= 11 is 0. The van der Waals surface area contributed by atoms with Crippen molar-refractivity contribution in [2.45, 2.75) is 38.6 Å². The van der Waals surface area contributed by atoms with Gasteiger partial charge in [-0.15, -0.1) is 0 Å². The number of rotatable bonds is 6. The third-order valence-electron chi connectivity index (χ3n) is 4.90. The number of carbonyl (C=O) groups excluding carboxylic acids is 1. The first kappa shape index (κ1) is 20.6. The van der Waals surface area contributed by atoms with E-state index in [1.165, 1.54) is 4.31 Å². The Balaban J connectivity index is 1.54. The highest BCUT2D eigenvalue weighted by molar-refractivity contribution is 7.89. The molecule has 1 unspecified atom stereocenters. The fraction of sp³-hybridized carbons (Fsp3) is 0.556. The highest BCUT2D eigenvalue weighted by Gasteiger charge is 2.34. The molecule has 2 aromatic heterocycles. The summed E-state index contributed by atoms with van der Waals surface area (Å²) in [7, 11) is -3.68. The maximum Gasteiger partial charge on any atom is 0.248 e. The molecule has 0 spiro atoms. The molecule has 9 nitrogen and oxygen atoms in total. The molecule has 1 amide bonds. The number of carbonyl (C=O) groups is 1.